The van der Waals surface area contributed by atoms with Crippen molar-refractivity contribution in [2.45, 2.75) is 6.54 Å². The maximum absolute atomic E-state index is 5.68. The van der Waals surface area contributed by atoms with E-state index in [1.807, 2.05) is 42.5 Å². The van der Waals surface area contributed by atoms with Crippen LogP contribution in [0.3, 0.4) is 0 Å². The Labute approximate surface area is 89.0 Å². The summed E-state index contributed by atoms with van der Waals surface area (Å²) in [5.74, 6) is 0.875. The predicted octanol–water partition coefficient (Wildman–Crippen LogP) is 2.28. The number of nitrogens with one attached hydrogen (secondary N) is 1. The van der Waals surface area contributed by atoms with Gasteiger partial charge in [0.15, 0.2) is 0 Å². The molecule has 0 amide bonds. The molecule has 0 aliphatic heterocycles. The number of benzene rings is 1. The molecule has 0 radical (unpaired) electrons. The van der Waals surface area contributed by atoms with E-state index in [1.165, 1.54) is 0 Å². The van der Waals surface area contributed by atoms with Crippen LogP contribution in [0.5, 0.6) is 0 Å². The molecule has 1 heterocycles. The molecule has 2 rings (SSSR count). The van der Waals surface area contributed by atoms with Crippen LogP contribution >= 0.6 is 0 Å². The van der Waals surface area contributed by atoms with Crippen LogP contribution in [0.15, 0.2) is 48.7 Å². The van der Waals surface area contributed by atoms with Gasteiger partial charge in [0.1, 0.15) is 5.82 Å². The highest BCUT2D eigenvalue weighted by molar-refractivity contribution is 5.42. The van der Waals surface area contributed by atoms with Gasteiger partial charge >= 0.3 is 0 Å². The SMILES string of the molecule is Nc1cccc(CNc2ccccn2)c1. The lowest BCUT2D eigenvalue weighted by Crippen LogP contribution is -2.01. The summed E-state index contributed by atoms with van der Waals surface area (Å²) in [5.41, 5.74) is 7.62. The van der Waals surface area contributed by atoms with Gasteiger partial charge in [-0.15, -0.1) is 0 Å². The molecule has 3 nitrogen and oxygen atoms in total. The van der Waals surface area contributed by atoms with Gasteiger partial charge in [-0.3, -0.25) is 0 Å². The second kappa shape index (κ2) is 4.46. The highest BCUT2D eigenvalue weighted by Gasteiger charge is 1.94. The van der Waals surface area contributed by atoms with Crippen molar-refractivity contribution in [1.29, 1.82) is 0 Å². The van der Waals surface area contributed by atoms with Gasteiger partial charge in [0, 0.05) is 18.4 Å². The lowest BCUT2D eigenvalue weighted by atomic mass is 10.2. The monoisotopic (exact) mass is 199 g/mol. The van der Waals surface area contributed by atoms with Crippen molar-refractivity contribution in [3.63, 3.8) is 0 Å². The van der Waals surface area contributed by atoms with E-state index < -0.39 is 0 Å². The summed E-state index contributed by atoms with van der Waals surface area (Å²) in [6.45, 7) is 0.738. The van der Waals surface area contributed by atoms with Crippen LogP contribution in [0.1, 0.15) is 5.56 Å². The molecule has 0 spiro atoms. The van der Waals surface area contributed by atoms with Gasteiger partial charge in [-0.1, -0.05) is 18.2 Å². The number of nitrogens with two attached hydrogens (primary N) is 1. The van der Waals surface area contributed by atoms with Crippen LogP contribution in [-0.4, -0.2) is 4.98 Å². The Hall–Kier alpha value is -2.03. The molecule has 0 fully saturated rings. The first-order chi connectivity index (χ1) is 7.34. The van der Waals surface area contributed by atoms with E-state index in [1.54, 1.807) is 6.20 Å². The Kier molecular flexibility index (Phi) is 2.83. The van der Waals surface area contributed by atoms with Gasteiger partial charge in [-0.2, -0.15) is 0 Å². The van der Waals surface area contributed by atoms with Crippen molar-refractivity contribution >= 4 is 11.5 Å². The molecule has 3 heteroatoms. The Balaban J connectivity index is 1.99. The zero-order valence-electron chi connectivity index (χ0n) is 8.35. The van der Waals surface area contributed by atoms with Gasteiger partial charge in [0.2, 0.25) is 0 Å². The Bertz CT molecular complexity index is 426. The molecule has 0 unspecified atom stereocenters. The van der Waals surface area contributed by atoms with Crippen LogP contribution in [0.4, 0.5) is 11.5 Å². The predicted molar refractivity (Wildman–Crippen MR) is 62.4 cm³/mol. The fourth-order valence-electron chi connectivity index (χ4n) is 1.36. The molecule has 0 saturated carbocycles. The van der Waals surface area contributed by atoms with Crippen molar-refractivity contribution in [1.82, 2.24) is 4.98 Å². The largest absolute Gasteiger partial charge is 0.399 e. The second-order valence-corrected chi connectivity index (χ2v) is 3.31. The minimum Gasteiger partial charge on any atom is -0.399 e. The average Bonchev–Trinajstić information content (AvgIpc) is 2.28. The number of anilines is 2. The lowest BCUT2D eigenvalue weighted by molar-refractivity contribution is 1.11. The molecule has 3 N–H and O–H groups in total. The minimum absolute atomic E-state index is 0.738. The molecule has 76 valence electrons. The number of hydrogen-bond acceptors (Lipinski definition) is 3. The number of aromatic nitrogens is 1. The van der Waals surface area contributed by atoms with Crippen molar-refractivity contribution in [3.05, 3.63) is 54.2 Å². The highest BCUT2D eigenvalue weighted by Crippen LogP contribution is 2.08. The van der Waals surface area contributed by atoms with Gasteiger partial charge < -0.3 is 11.1 Å². The molecule has 2 aromatic rings. The molecular weight excluding hydrogens is 186 g/mol. The topological polar surface area (TPSA) is 50.9 Å². The first-order valence-electron chi connectivity index (χ1n) is 4.84. The fourth-order valence-corrected chi connectivity index (χ4v) is 1.36. The Morgan fingerprint density at radius 3 is 2.80 bits per heavy atom. The van der Waals surface area contributed by atoms with Gasteiger partial charge in [-0.25, -0.2) is 4.98 Å². The van der Waals surface area contributed by atoms with E-state index >= 15 is 0 Å². The van der Waals surface area contributed by atoms with Crippen molar-refractivity contribution < 1.29 is 0 Å². The van der Waals surface area contributed by atoms with Crippen LogP contribution in [0, 0.1) is 0 Å². The zero-order chi connectivity index (χ0) is 10.5. The molecule has 0 saturated heterocycles. The molecular formula is C12H13N3. The smallest absolute Gasteiger partial charge is 0.126 e. The fraction of sp³-hybridized carbons (Fsp3) is 0.0833. The quantitative estimate of drug-likeness (QED) is 0.745. The Morgan fingerprint density at radius 2 is 2.07 bits per heavy atom. The molecule has 0 aliphatic rings. The van der Waals surface area contributed by atoms with Crippen molar-refractivity contribution in [2.24, 2.45) is 0 Å². The molecule has 1 aromatic heterocycles. The number of rotatable bonds is 3. The third-order valence-electron chi connectivity index (χ3n) is 2.09. The molecule has 0 bridgehead atoms. The second-order valence-electron chi connectivity index (χ2n) is 3.31. The van der Waals surface area contributed by atoms with E-state index in [0.717, 1.165) is 23.6 Å². The summed E-state index contributed by atoms with van der Waals surface area (Å²) >= 11 is 0. The van der Waals surface area contributed by atoms with Gasteiger partial charge in [-0.05, 0) is 29.8 Å². The summed E-state index contributed by atoms with van der Waals surface area (Å²) in [4.78, 5) is 4.17. The Morgan fingerprint density at radius 1 is 1.13 bits per heavy atom. The molecule has 0 aliphatic carbocycles. The normalized spacial score (nSPS) is 9.87. The molecule has 0 atom stereocenters. The van der Waals surface area contributed by atoms with E-state index in [-0.39, 0.29) is 0 Å². The summed E-state index contributed by atoms with van der Waals surface area (Å²) in [6.07, 6.45) is 1.77. The molecule has 15 heavy (non-hydrogen) atoms. The van der Waals surface area contributed by atoms with Crippen LogP contribution < -0.4 is 11.1 Å². The summed E-state index contributed by atoms with van der Waals surface area (Å²) in [6, 6.07) is 13.6. The van der Waals surface area contributed by atoms with Crippen molar-refractivity contribution in [2.75, 3.05) is 11.1 Å². The first-order valence-corrected chi connectivity index (χ1v) is 4.84. The highest BCUT2D eigenvalue weighted by atomic mass is 15.0. The number of nitrogen functional groups attached to an aromatic ring is 1. The number of pyridine rings is 1. The van der Waals surface area contributed by atoms with Crippen LogP contribution in [0.25, 0.3) is 0 Å². The van der Waals surface area contributed by atoms with Crippen LogP contribution in [-0.2, 0) is 6.54 Å². The minimum atomic E-state index is 0.738. The summed E-state index contributed by atoms with van der Waals surface area (Å²) < 4.78 is 0. The zero-order valence-corrected chi connectivity index (χ0v) is 8.35. The first kappa shape index (κ1) is 9.52. The maximum atomic E-state index is 5.68. The standard InChI is InChI=1S/C12H13N3/c13-11-5-3-4-10(8-11)9-15-12-6-1-2-7-14-12/h1-8H,9,13H2,(H,14,15). The van der Waals surface area contributed by atoms with Crippen LogP contribution in [0.2, 0.25) is 0 Å². The number of hydrogen-bond donors (Lipinski definition) is 2. The molecule has 1 aromatic carbocycles. The summed E-state index contributed by atoms with van der Waals surface area (Å²) in [7, 11) is 0. The average molecular weight is 199 g/mol. The van der Waals surface area contributed by atoms with E-state index in [9.17, 15) is 0 Å². The van der Waals surface area contributed by atoms with E-state index in [4.69, 9.17) is 5.73 Å². The number of nitrogens with zero attached hydrogens (tertiary/aromatic N) is 1. The van der Waals surface area contributed by atoms with E-state index in [0.29, 0.717) is 0 Å². The van der Waals surface area contributed by atoms with Gasteiger partial charge in [0.05, 0.1) is 0 Å². The third kappa shape index (κ3) is 2.71. The maximum Gasteiger partial charge on any atom is 0.126 e. The third-order valence-corrected chi connectivity index (χ3v) is 2.09. The lowest BCUT2D eigenvalue weighted by Gasteiger charge is -2.05. The van der Waals surface area contributed by atoms with E-state index in [2.05, 4.69) is 10.3 Å². The summed E-state index contributed by atoms with van der Waals surface area (Å²) in [5, 5.41) is 3.22. The van der Waals surface area contributed by atoms with Gasteiger partial charge in [0.25, 0.3) is 0 Å². The van der Waals surface area contributed by atoms with Crippen molar-refractivity contribution in [3.8, 4) is 0 Å².